The molecule has 0 spiro atoms. The van der Waals surface area contributed by atoms with Crippen molar-refractivity contribution in [3.05, 3.63) is 48.9 Å². The fourth-order valence-corrected chi connectivity index (χ4v) is 1.81. The van der Waals surface area contributed by atoms with E-state index in [4.69, 9.17) is 0 Å². The van der Waals surface area contributed by atoms with Crippen LogP contribution in [0.25, 0.3) is 11.0 Å². The minimum atomic E-state index is 0.786. The maximum absolute atomic E-state index is 4.35. The van der Waals surface area contributed by atoms with Gasteiger partial charge in [0.05, 0.1) is 11.8 Å². The summed E-state index contributed by atoms with van der Waals surface area (Å²) in [4.78, 5) is 8.68. The van der Waals surface area contributed by atoms with Crippen molar-refractivity contribution in [3.8, 4) is 0 Å². The van der Waals surface area contributed by atoms with Crippen molar-refractivity contribution in [2.45, 2.75) is 0 Å². The Kier molecular flexibility index (Phi) is 2.26. The Morgan fingerprint density at radius 2 is 1.88 bits per heavy atom. The lowest BCUT2D eigenvalue weighted by Gasteiger charge is -2.05. The monoisotopic (exact) mass is 224 g/mol. The van der Waals surface area contributed by atoms with E-state index in [2.05, 4.69) is 15.3 Å². The quantitative estimate of drug-likeness (QED) is 0.727. The molecule has 84 valence electrons. The van der Waals surface area contributed by atoms with Crippen molar-refractivity contribution in [1.82, 2.24) is 14.5 Å². The first-order valence-electron chi connectivity index (χ1n) is 5.43. The highest BCUT2D eigenvalue weighted by atomic mass is 15.1. The Bertz CT molecular complexity index is 643. The lowest BCUT2D eigenvalue weighted by molar-refractivity contribution is 0.947. The van der Waals surface area contributed by atoms with Crippen molar-refractivity contribution in [1.29, 1.82) is 0 Å². The molecule has 0 fully saturated rings. The zero-order valence-electron chi connectivity index (χ0n) is 9.46. The molecule has 0 atom stereocenters. The van der Waals surface area contributed by atoms with E-state index in [-0.39, 0.29) is 0 Å². The van der Waals surface area contributed by atoms with Crippen LogP contribution in [0.2, 0.25) is 0 Å². The van der Waals surface area contributed by atoms with Crippen LogP contribution in [0.3, 0.4) is 0 Å². The second-order valence-corrected chi connectivity index (χ2v) is 3.87. The molecule has 2 heterocycles. The van der Waals surface area contributed by atoms with Gasteiger partial charge < -0.3 is 9.88 Å². The van der Waals surface area contributed by atoms with Gasteiger partial charge in [-0.3, -0.25) is 0 Å². The Morgan fingerprint density at radius 1 is 1.06 bits per heavy atom. The number of imidazole rings is 1. The van der Waals surface area contributed by atoms with E-state index < -0.39 is 0 Å². The minimum absolute atomic E-state index is 0.786. The number of anilines is 2. The molecule has 0 radical (unpaired) electrons. The van der Waals surface area contributed by atoms with Crippen LogP contribution >= 0.6 is 0 Å². The lowest BCUT2D eigenvalue weighted by atomic mass is 10.3. The Hall–Kier alpha value is -2.36. The lowest BCUT2D eigenvalue weighted by Crippen LogP contribution is -1.94. The van der Waals surface area contributed by atoms with Crippen LogP contribution in [0.1, 0.15) is 0 Å². The van der Waals surface area contributed by atoms with Gasteiger partial charge >= 0.3 is 0 Å². The van der Waals surface area contributed by atoms with Gasteiger partial charge in [0.1, 0.15) is 5.52 Å². The minimum Gasteiger partial charge on any atom is -0.338 e. The third kappa shape index (κ3) is 1.73. The normalized spacial score (nSPS) is 10.6. The van der Waals surface area contributed by atoms with Crippen LogP contribution in [0.4, 0.5) is 11.5 Å². The summed E-state index contributed by atoms with van der Waals surface area (Å²) in [6, 6.07) is 11.9. The van der Waals surface area contributed by atoms with Crippen molar-refractivity contribution >= 4 is 22.5 Å². The van der Waals surface area contributed by atoms with Crippen LogP contribution in [-0.4, -0.2) is 14.5 Å². The Labute approximate surface area is 98.9 Å². The highest BCUT2D eigenvalue weighted by molar-refractivity contribution is 5.87. The third-order valence-corrected chi connectivity index (χ3v) is 2.68. The molecule has 0 aliphatic carbocycles. The van der Waals surface area contributed by atoms with Gasteiger partial charge in [0, 0.05) is 18.9 Å². The number of fused-ring (bicyclic) bond motifs is 1. The topological polar surface area (TPSA) is 42.7 Å². The van der Waals surface area contributed by atoms with Gasteiger partial charge in [-0.15, -0.1) is 0 Å². The largest absolute Gasteiger partial charge is 0.338 e. The molecule has 0 aliphatic heterocycles. The van der Waals surface area contributed by atoms with Gasteiger partial charge in [0.2, 0.25) is 0 Å². The fourth-order valence-electron chi connectivity index (χ4n) is 1.81. The van der Waals surface area contributed by atoms with Crippen LogP contribution in [0.5, 0.6) is 0 Å². The molecule has 3 rings (SSSR count). The van der Waals surface area contributed by atoms with Crippen LogP contribution in [-0.2, 0) is 7.05 Å². The SMILES string of the molecule is Cn1cnc2c(Nc3ccccc3)nccc21. The van der Waals surface area contributed by atoms with Crippen molar-refractivity contribution in [2.75, 3.05) is 5.32 Å². The van der Waals surface area contributed by atoms with Crippen LogP contribution in [0, 0.1) is 0 Å². The first kappa shape index (κ1) is 9.84. The number of nitrogens with zero attached hydrogens (tertiary/aromatic N) is 3. The van der Waals surface area contributed by atoms with E-state index in [1.807, 2.05) is 48.0 Å². The summed E-state index contributed by atoms with van der Waals surface area (Å²) < 4.78 is 1.98. The van der Waals surface area contributed by atoms with Gasteiger partial charge in [0.15, 0.2) is 5.82 Å². The first-order valence-corrected chi connectivity index (χ1v) is 5.43. The van der Waals surface area contributed by atoms with E-state index in [9.17, 15) is 0 Å². The van der Waals surface area contributed by atoms with Gasteiger partial charge in [-0.25, -0.2) is 9.97 Å². The highest BCUT2D eigenvalue weighted by Crippen LogP contribution is 2.22. The molecule has 4 heteroatoms. The summed E-state index contributed by atoms with van der Waals surface area (Å²) in [5.74, 6) is 0.786. The highest BCUT2D eigenvalue weighted by Gasteiger charge is 2.06. The van der Waals surface area contributed by atoms with Gasteiger partial charge in [0.25, 0.3) is 0 Å². The number of benzene rings is 1. The smallest absolute Gasteiger partial charge is 0.158 e. The van der Waals surface area contributed by atoms with Crippen molar-refractivity contribution < 1.29 is 0 Å². The number of para-hydroxylation sites is 1. The standard InChI is InChI=1S/C13H12N4/c1-17-9-15-12-11(17)7-8-14-13(12)16-10-5-3-2-4-6-10/h2-9H,1H3,(H,14,16). The molecule has 0 amide bonds. The number of aromatic nitrogens is 3. The molecular formula is C13H12N4. The molecule has 0 bridgehead atoms. The Morgan fingerprint density at radius 3 is 2.71 bits per heavy atom. The molecule has 1 N–H and O–H groups in total. The predicted molar refractivity (Wildman–Crippen MR) is 68.2 cm³/mol. The number of hydrogen-bond acceptors (Lipinski definition) is 3. The summed E-state index contributed by atoms with van der Waals surface area (Å²) in [5, 5.41) is 3.27. The molecule has 0 saturated heterocycles. The molecule has 0 unspecified atom stereocenters. The first-order chi connectivity index (χ1) is 8.34. The zero-order valence-corrected chi connectivity index (χ0v) is 9.46. The molecule has 0 aliphatic rings. The fraction of sp³-hybridized carbons (Fsp3) is 0.0769. The Balaban J connectivity index is 2.06. The van der Waals surface area contributed by atoms with Gasteiger partial charge in [-0.1, -0.05) is 18.2 Å². The summed E-state index contributed by atoms with van der Waals surface area (Å²) in [5.41, 5.74) is 2.97. The van der Waals surface area contributed by atoms with E-state index in [1.54, 1.807) is 12.5 Å². The number of pyridine rings is 1. The summed E-state index contributed by atoms with van der Waals surface area (Å²) in [7, 11) is 1.97. The number of hydrogen-bond donors (Lipinski definition) is 1. The summed E-state index contributed by atoms with van der Waals surface area (Å²) in [6.07, 6.45) is 3.58. The predicted octanol–water partition coefficient (Wildman–Crippen LogP) is 2.71. The molecule has 1 aromatic carbocycles. The number of rotatable bonds is 2. The number of aryl methyl sites for hydroxylation is 1. The van der Waals surface area contributed by atoms with Crippen molar-refractivity contribution in [2.24, 2.45) is 7.05 Å². The average Bonchev–Trinajstić information content (AvgIpc) is 2.74. The van der Waals surface area contributed by atoms with Crippen LogP contribution < -0.4 is 5.32 Å². The molecule has 4 nitrogen and oxygen atoms in total. The molecule has 2 aromatic heterocycles. The van der Waals surface area contributed by atoms with Gasteiger partial charge in [-0.2, -0.15) is 0 Å². The summed E-state index contributed by atoms with van der Waals surface area (Å²) in [6.45, 7) is 0. The maximum Gasteiger partial charge on any atom is 0.158 e. The average molecular weight is 224 g/mol. The number of nitrogens with one attached hydrogen (secondary N) is 1. The summed E-state index contributed by atoms with van der Waals surface area (Å²) >= 11 is 0. The van der Waals surface area contributed by atoms with E-state index in [0.29, 0.717) is 0 Å². The zero-order chi connectivity index (χ0) is 11.7. The van der Waals surface area contributed by atoms with Gasteiger partial charge in [-0.05, 0) is 18.2 Å². The molecule has 17 heavy (non-hydrogen) atoms. The van der Waals surface area contributed by atoms with E-state index >= 15 is 0 Å². The van der Waals surface area contributed by atoms with Crippen molar-refractivity contribution in [3.63, 3.8) is 0 Å². The second-order valence-electron chi connectivity index (χ2n) is 3.87. The van der Waals surface area contributed by atoms with E-state index in [0.717, 1.165) is 22.5 Å². The molecule has 3 aromatic rings. The van der Waals surface area contributed by atoms with Crippen LogP contribution in [0.15, 0.2) is 48.9 Å². The van der Waals surface area contributed by atoms with E-state index in [1.165, 1.54) is 0 Å². The third-order valence-electron chi connectivity index (χ3n) is 2.68. The molecular weight excluding hydrogens is 212 g/mol. The maximum atomic E-state index is 4.35. The second kappa shape index (κ2) is 3.90. The molecule has 0 saturated carbocycles.